The highest BCUT2D eigenvalue weighted by Crippen LogP contribution is 2.36. The molecule has 0 saturated heterocycles. The van der Waals surface area contributed by atoms with Crippen LogP contribution in [0, 0.1) is 0 Å². The van der Waals surface area contributed by atoms with E-state index in [-0.39, 0.29) is 18.1 Å². The van der Waals surface area contributed by atoms with E-state index < -0.39 is 18.6 Å². The van der Waals surface area contributed by atoms with Gasteiger partial charge in [-0.3, -0.25) is 0 Å². The summed E-state index contributed by atoms with van der Waals surface area (Å²) < 4.78 is 40.3. The van der Waals surface area contributed by atoms with Gasteiger partial charge in [-0.05, 0) is 50.7 Å². The van der Waals surface area contributed by atoms with E-state index in [0.29, 0.717) is 28.5 Å². The summed E-state index contributed by atoms with van der Waals surface area (Å²) in [4.78, 5) is 14.4. The van der Waals surface area contributed by atoms with Crippen LogP contribution in [-0.4, -0.2) is 42.9 Å². The van der Waals surface area contributed by atoms with Crippen molar-refractivity contribution in [2.24, 2.45) is 0 Å². The third-order valence-corrected chi connectivity index (χ3v) is 4.48. The minimum absolute atomic E-state index is 0.128. The van der Waals surface area contributed by atoms with Gasteiger partial charge in [0.15, 0.2) is 16.6 Å². The molecule has 0 bridgehead atoms. The molecular formula is C18H22F2N2O4S. The molecule has 0 spiro atoms. The Hall–Kier alpha value is -2.42. The van der Waals surface area contributed by atoms with Crippen molar-refractivity contribution in [1.82, 2.24) is 10.2 Å². The van der Waals surface area contributed by atoms with E-state index >= 15 is 0 Å². The fourth-order valence-electron chi connectivity index (χ4n) is 2.95. The molecule has 1 aromatic carbocycles. The molecule has 0 saturated carbocycles. The van der Waals surface area contributed by atoms with Gasteiger partial charge in [-0.1, -0.05) is 6.07 Å². The van der Waals surface area contributed by atoms with Gasteiger partial charge in [-0.25, -0.2) is 4.79 Å². The second kappa shape index (κ2) is 8.98. The van der Waals surface area contributed by atoms with Crippen LogP contribution in [-0.2, 0) is 9.53 Å². The number of benzene rings is 1. The lowest BCUT2D eigenvalue weighted by molar-refractivity contribution is -0.139. The Morgan fingerprint density at radius 1 is 1.33 bits per heavy atom. The zero-order valence-corrected chi connectivity index (χ0v) is 16.4. The zero-order valence-electron chi connectivity index (χ0n) is 15.5. The van der Waals surface area contributed by atoms with Crippen molar-refractivity contribution in [3.05, 3.63) is 35.0 Å². The lowest BCUT2D eigenvalue weighted by Gasteiger charge is -2.37. The predicted molar refractivity (Wildman–Crippen MR) is 99.8 cm³/mol. The molecule has 0 aliphatic carbocycles. The molecule has 0 amide bonds. The van der Waals surface area contributed by atoms with Crippen LogP contribution >= 0.6 is 12.2 Å². The number of nitrogens with one attached hydrogen (secondary N) is 1. The molecule has 148 valence electrons. The van der Waals surface area contributed by atoms with Gasteiger partial charge in [0.1, 0.15) is 0 Å². The summed E-state index contributed by atoms with van der Waals surface area (Å²) >= 11 is 5.39. The van der Waals surface area contributed by atoms with E-state index in [9.17, 15) is 13.6 Å². The van der Waals surface area contributed by atoms with Crippen molar-refractivity contribution in [2.75, 3.05) is 20.3 Å². The number of esters is 1. The van der Waals surface area contributed by atoms with E-state index in [4.69, 9.17) is 21.7 Å². The molecule has 1 N–H and O–H groups in total. The van der Waals surface area contributed by atoms with Gasteiger partial charge < -0.3 is 24.4 Å². The third kappa shape index (κ3) is 4.47. The molecule has 0 fully saturated rings. The molecule has 1 atom stereocenters. The maximum atomic E-state index is 12.7. The van der Waals surface area contributed by atoms with E-state index in [1.807, 2.05) is 6.92 Å². The molecular weight excluding hydrogens is 378 g/mol. The average molecular weight is 400 g/mol. The number of hydrogen-bond donors (Lipinski definition) is 1. The Morgan fingerprint density at radius 2 is 2.04 bits per heavy atom. The summed E-state index contributed by atoms with van der Waals surface area (Å²) in [6.07, 6.45) is 0. The Balaban J connectivity index is 2.55. The van der Waals surface area contributed by atoms with E-state index in [1.165, 1.54) is 19.2 Å². The summed E-state index contributed by atoms with van der Waals surface area (Å²) in [6.45, 7) is 3.16. The minimum Gasteiger partial charge on any atom is -0.493 e. The Morgan fingerprint density at radius 3 is 2.59 bits per heavy atom. The molecule has 27 heavy (non-hydrogen) atoms. The molecule has 9 heteroatoms. The number of alkyl halides is 2. The van der Waals surface area contributed by atoms with Crippen LogP contribution in [0.5, 0.6) is 11.5 Å². The molecule has 1 aromatic rings. The van der Waals surface area contributed by atoms with Gasteiger partial charge in [0, 0.05) is 12.2 Å². The highest BCUT2D eigenvalue weighted by Gasteiger charge is 2.34. The van der Waals surface area contributed by atoms with Crippen LogP contribution in [0.4, 0.5) is 8.78 Å². The number of nitrogens with zero attached hydrogens (tertiary/aromatic N) is 1. The molecule has 6 nitrogen and oxygen atoms in total. The molecule has 0 aromatic heterocycles. The van der Waals surface area contributed by atoms with Crippen molar-refractivity contribution >= 4 is 23.3 Å². The summed E-state index contributed by atoms with van der Waals surface area (Å²) in [5.41, 5.74) is 1.53. The highest BCUT2D eigenvalue weighted by atomic mass is 32.1. The van der Waals surface area contributed by atoms with Gasteiger partial charge >= 0.3 is 12.6 Å². The average Bonchev–Trinajstić information content (AvgIpc) is 2.61. The zero-order chi connectivity index (χ0) is 20.1. The second-order valence-corrected chi connectivity index (χ2v) is 6.02. The summed E-state index contributed by atoms with van der Waals surface area (Å²) in [7, 11) is 1.36. The Bertz CT molecular complexity index is 755. The van der Waals surface area contributed by atoms with Gasteiger partial charge in [0.2, 0.25) is 0 Å². The first-order valence-electron chi connectivity index (χ1n) is 8.42. The Kier molecular flexibility index (Phi) is 6.95. The number of halogens is 2. The molecule has 1 heterocycles. The topological polar surface area (TPSA) is 60.0 Å². The van der Waals surface area contributed by atoms with E-state index in [1.54, 1.807) is 24.8 Å². The number of hydrogen-bond acceptors (Lipinski definition) is 5. The van der Waals surface area contributed by atoms with Crippen molar-refractivity contribution in [3.8, 4) is 11.5 Å². The number of thiocarbonyl (C=S) groups is 1. The van der Waals surface area contributed by atoms with Crippen molar-refractivity contribution in [2.45, 2.75) is 33.4 Å². The number of rotatable bonds is 7. The maximum absolute atomic E-state index is 12.7. The maximum Gasteiger partial charge on any atom is 0.387 e. The highest BCUT2D eigenvalue weighted by molar-refractivity contribution is 7.80. The number of carbonyl (C=O) groups excluding carboxylic acids is 1. The molecule has 2 rings (SSSR count). The molecule has 0 radical (unpaired) electrons. The second-order valence-electron chi connectivity index (χ2n) is 5.64. The minimum atomic E-state index is -3.01. The fraction of sp³-hybridized carbons (Fsp3) is 0.444. The Labute approximate surface area is 162 Å². The predicted octanol–water partition coefficient (Wildman–Crippen LogP) is 3.38. The standard InChI is InChI=1S/C18H22F2N2O4S/c1-5-22-10(3)14(16(23)25-6-2)15(21-18(22)27)11-7-8-12(24-4)13(9-11)26-17(19)20/h7-9,15,17H,5-6H2,1-4H3,(H,21,27)/t15-/m1/s1. The van der Waals surface area contributed by atoms with Crippen molar-refractivity contribution in [3.63, 3.8) is 0 Å². The fourth-order valence-corrected chi connectivity index (χ4v) is 3.33. The number of carbonyl (C=O) groups is 1. The van der Waals surface area contributed by atoms with Crippen LogP contribution in [0.3, 0.4) is 0 Å². The molecule has 1 aliphatic heterocycles. The third-order valence-electron chi connectivity index (χ3n) is 4.14. The van der Waals surface area contributed by atoms with Crippen molar-refractivity contribution in [1.29, 1.82) is 0 Å². The summed E-state index contributed by atoms with van der Waals surface area (Å²) in [6, 6.07) is 3.90. The van der Waals surface area contributed by atoms with Crippen LogP contribution in [0.2, 0.25) is 0 Å². The van der Waals surface area contributed by atoms with Crippen molar-refractivity contribution < 1.29 is 27.8 Å². The lowest BCUT2D eigenvalue weighted by Crippen LogP contribution is -2.47. The molecule has 0 unspecified atom stereocenters. The lowest BCUT2D eigenvalue weighted by atomic mass is 9.94. The van der Waals surface area contributed by atoms with Gasteiger partial charge in [0.05, 0.1) is 25.3 Å². The largest absolute Gasteiger partial charge is 0.493 e. The first-order chi connectivity index (χ1) is 12.8. The number of ether oxygens (including phenoxy) is 3. The monoisotopic (exact) mass is 400 g/mol. The van der Waals surface area contributed by atoms with E-state index in [0.717, 1.165) is 0 Å². The smallest absolute Gasteiger partial charge is 0.387 e. The first-order valence-corrected chi connectivity index (χ1v) is 8.83. The SMILES string of the molecule is CCOC(=O)C1=C(C)N(CC)C(=S)N[C@@H]1c1ccc(OC)c(OC(F)F)c1. The van der Waals surface area contributed by atoms with Gasteiger partial charge in [-0.2, -0.15) is 8.78 Å². The molecule has 1 aliphatic rings. The van der Waals surface area contributed by atoms with Gasteiger partial charge in [-0.15, -0.1) is 0 Å². The van der Waals surface area contributed by atoms with Crippen LogP contribution < -0.4 is 14.8 Å². The quantitative estimate of drug-likeness (QED) is 0.556. The summed E-state index contributed by atoms with van der Waals surface area (Å²) in [5.74, 6) is -0.469. The van der Waals surface area contributed by atoms with E-state index in [2.05, 4.69) is 10.1 Å². The number of methoxy groups -OCH3 is 1. The van der Waals surface area contributed by atoms with Crippen LogP contribution in [0.25, 0.3) is 0 Å². The normalized spacial score (nSPS) is 17.1. The van der Waals surface area contributed by atoms with Gasteiger partial charge in [0.25, 0.3) is 0 Å². The summed E-state index contributed by atoms with van der Waals surface area (Å²) in [5, 5.41) is 3.52. The first kappa shape index (κ1) is 20.9. The number of allylic oxidation sites excluding steroid dienone is 1. The van der Waals surface area contributed by atoms with Crippen LogP contribution in [0.1, 0.15) is 32.4 Å². The van der Waals surface area contributed by atoms with Crippen LogP contribution in [0.15, 0.2) is 29.5 Å².